The summed E-state index contributed by atoms with van der Waals surface area (Å²) in [6.45, 7) is 1.96. The fourth-order valence-corrected chi connectivity index (χ4v) is 2.14. The van der Waals surface area contributed by atoms with Gasteiger partial charge in [0.1, 0.15) is 0 Å². The molecule has 1 rings (SSSR count). The van der Waals surface area contributed by atoms with Gasteiger partial charge in [-0.1, -0.05) is 18.5 Å². The molecule has 0 radical (unpaired) electrons. The van der Waals surface area contributed by atoms with Gasteiger partial charge in [0.2, 0.25) is 0 Å². The lowest BCUT2D eigenvalue weighted by atomic mass is 10.3. The van der Waals surface area contributed by atoms with Gasteiger partial charge in [0.05, 0.1) is 16.8 Å². The van der Waals surface area contributed by atoms with Crippen molar-refractivity contribution in [3.63, 3.8) is 0 Å². The standard InChI is InChI=1S/C10H14ClNOS/c1-2-7(13)6-14-8-3-4-10(12)9(11)5-8/h3-5,7,13H,2,6,12H2,1H3. The van der Waals surface area contributed by atoms with Gasteiger partial charge in [-0.15, -0.1) is 11.8 Å². The van der Waals surface area contributed by atoms with E-state index in [9.17, 15) is 5.11 Å². The quantitative estimate of drug-likeness (QED) is 0.619. The summed E-state index contributed by atoms with van der Waals surface area (Å²) in [5.41, 5.74) is 6.17. The highest BCUT2D eigenvalue weighted by Gasteiger charge is 2.03. The molecule has 0 heterocycles. The van der Waals surface area contributed by atoms with Crippen LogP contribution in [0.25, 0.3) is 0 Å². The second kappa shape index (κ2) is 5.49. The molecule has 4 heteroatoms. The third-order valence-corrected chi connectivity index (χ3v) is 3.35. The maximum absolute atomic E-state index is 9.36. The average Bonchev–Trinajstić information content (AvgIpc) is 2.19. The largest absolute Gasteiger partial charge is 0.398 e. The zero-order chi connectivity index (χ0) is 10.6. The molecule has 1 aromatic carbocycles. The Bertz CT molecular complexity index is 306. The number of rotatable bonds is 4. The molecule has 1 aromatic rings. The van der Waals surface area contributed by atoms with Crippen LogP contribution in [0.1, 0.15) is 13.3 Å². The number of aliphatic hydroxyl groups is 1. The fourth-order valence-electron chi connectivity index (χ4n) is 0.908. The topological polar surface area (TPSA) is 46.2 Å². The molecule has 0 aromatic heterocycles. The molecule has 3 N–H and O–H groups in total. The van der Waals surface area contributed by atoms with Crippen molar-refractivity contribution in [3.8, 4) is 0 Å². The molecule has 0 aliphatic heterocycles. The van der Waals surface area contributed by atoms with Crippen molar-refractivity contribution < 1.29 is 5.11 Å². The van der Waals surface area contributed by atoms with Crippen molar-refractivity contribution in [3.05, 3.63) is 23.2 Å². The molecule has 0 spiro atoms. The van der Waals surface area contributed by atoms with Crippen molar-refractivity contribution in [2.45, 2.75) is 24.3 Å². The summed E-state index contributed by atoms with van der Waals surface area (Å²) in [6, 6.07) is 5.52. The van der Waals surface area contributed by atoms with Crippen LogP contribution in [0.2, 0.25) is 5.02 Å². The number of nitrogen functional groups attached to an aromatic ring is 1. The Morgan fingerprint density at radius 1 is 1.57 bits per heavy atom. The van der Waals surface area contributed by atoms with Crippen LogP contribution in [0.4, 0.5) is 5.69 Å². The number of benzene rings is 1. The van der Waals surface area contributed by atoms with Crippen LogP contribution in [0.5, 0.6) is 0 Å². The molecule has 14 heavy (non-hydrogen) atoms. The van der Waals surface area contributed by atoms with Gasteiger partial charge >= 0.3 is 0 Å². The highest BCUT2D eigenvalue weighted by molar-refractivity contribution is 7.99. The molecular formula is C10H14ClNOS. The Hall–Kier alpha value is -0.380. The van der Waals surface area contributed by atoms with Gasteiger partial charge in [-0.2, -0.15) is 0 Å². The highest BCUT2D eigenvalue weighted by Crippen LogP contribution is 2.26. The van der Waals surface area contributed by atoms with Crippen LogP contribution in [0, 0.1) is 0 Å². The van der Waals surface area contributed by atoms with E-state index < -0.39 is 0 Å². The van der Waals surface area contributed by atoms with E-state index in [0.717, 1.165) is 11.3 Å². The van der Waals surface area contributed by atoms with Gasteiger partial charge in [0, 0.05) is 10.6 Å². The number of nitrogens with two attached hydrogens (primary N) is 1. The number of aliphatic hydroxyl groups excluding tert-OH is 1. The summed E-state index contributed by atoms with van der Waals surface area (Å²) >= 11 is 7.45. The number of anilines is 1. The van der Waals surface area contributed by atoms with Crippen molar-refractivity contribution in [2.75, 3.05) is 11.5 Å². The first-order valence-electron chi connectivity index (χ1n) is 4.49. The molecule has 1 atom stereocenters. The number of thioether (sulfide) groups is 1. The predicted octanol–water partition coefficient (Wildman–Crippen LogP) is 2.79. The SMILES string of the molecule is CCC(O)CSc1ccc(N)c(Cl)c1. The Balaban J connectivity index is 2.55. The first-order chi connectivity index (χ1) is 6.63. The summed E-state index contributed by atoms with van der Waals surface area (Å²) in [5, 5.41) is 9.93. The van der Waals surface area contributed by atoms with Crippen LogP contribution in [0.3, 0.4) is 0 Å². The van der Waals surface area contributed by atoms with Gasteiger partial charge in [0.25, 0.3) is 0 Å². The molecule has 78 valence electrons. The van der Waals surface area contributed by atoms with Crippen molar-refractivity contribution in [1.82, 2.24) is 0 Å². The van der Waals surface area contributed by atoms with Gasteiger partial charge < -0.3 is 10.8 Å². The molecule has 0 aliphatic carbocycles. The zero-order valence-corrected chi connectivity index (χ0v) is 9.61. The van der Waals surface area contributed by atoms with E-state index in [1.165, 1.54) is 0 Å². The lowest BCUT2D eigenvalue weighted by Gasteiger charge is -2.07. The monoisotopic (exact) mass is 231 g/mol. The van der Waals surface area contributed by atoms with Crippen LogP contribution in [-0.4, -0.2) is 17.0 Å². The van der Waals surface area contributed by atoms with Gasteiger partial charge in [-0.05, 0) is 24.6 Å². The van der Waals surface area contributed by atoms with E-state index in [2.05, 4.69) is 0 Å². The summed E-state index contributed by atoms with van der Waals surface area (Å²) < 4.78 is 0. The van der Waals surface area contributed by atoms with Gasteiger partial charge in [-0.3, -0.25) is 0 Å². The van der Waals surface area contributed by atoms with E-state index in [4.69, 9.17) is 17.3 Å². The minimum absolute atomic E-state index is 0.253. The predicted molar refractivity (Wildman–Crippen MR) is 62.9 cm³/mol. The second-order valence-corrected chi connectivity index (χ2v) is 4.56. The molecule has 0 amide bonds. The minimum Gasteiger partial charge on any atom is -0.398 e. The molecule has 0 saturated carbocycles. The van der Waals surface area contributed by atoms with Crippen LogP contribution in [-0.2, 0) is 0 Å². The summed E-state index contributed by atoms with van der Waals surface area (Å²) in [6.07, 6.45) is 0.520. The number of halogens is 1. The summed E-state index contributed by atoms with van der Waals surface area (Å²) in [4.78, 5) is 1.04. The molecule has 0 bridgehead atoms. The third-order valence-electron chi connectivity index (χ3n) is 1.89. The molecule has 0 aliphatic rings. The Morgan fingerprint density at radius 2 is 2.29 bits per heavy atom. The van der Waals surface area contributed by atoms with E-state index in [1.54, 1.807) is 17.8 Å². The van der Waals surface area contributed by atoms with E-state index in [1.807, 2.05) is 19.1 Å². The second-order valence-electron chi connectivity index (χ2n) is 3.06. The molecular weight excluding hydrogens is 218 g/mol. The number of hydrogen-bond donors (Lipinski definition) is 2. The lowest BCUT2D eigenvalue weighted by molar-refractivity contribution is 0.195. The zero-order valence-electron chi connectivity index (χ0n) is 8.03. The number of hydrogen-bond acceptors (Lipinski definition) is 3. The highest BCUT2D eigenvalue weighted by atomic mass is 35.5. The van der Waals surface area contributed by atoms with E-state index >= 15 is 0 Å². The first kappa shape index (κ1) is 11.7. The smallest absolute Gasteiger partial charge is 0.0646 e. The summed E-state index contributed by atoms with van der Waals surface area (Å²) in [7, 11) is 0. The van der Waals surface area contributed by atoms with Gasteiger partial charge in [0.15, 0.2) is 0 Å². The summed E-state index contributed by atoms with van der Waals surface area (Å²) in [5.74, 6) is 0.691. The molecule has 0 saturated heterocycles. The van der Waals surface area contributed by atoms with E-state index in [-0.39, 0.29) is 6.10 Å². The first-order valence-corrected chi connectivity index (χ1v) is 5.85. The molecule has 1 unspecified atom stereocenters. The van der Waals surface area contributed by atoms with Crippen molar-refractivity contribution in [1.29, 1.82) is 0 Å². The van der Waals surface area contributed by atoms with Crippen molar-refractivity contribution >= 4 is 29.1 Å². The van der Waals surface area contributed by atoms with Crippen LogP contribution in [0.15, 0.2) is 23.1 Å². The van der Waals surface area contributed by atoms with Crippen molar-refractivity contribution in [2.24, 2.45) is 0 Å². The average molecular weight is 232 g/mol. The Labute approximate surface area is 93.5 Å². The van der Waals surface area contributed by atoms with Crippen LogP contribution < -0.4 is 5.73 Å². The minimum atomic E-state index is -0.253. The Morgan fingerprint density at radius 3 is 2.86 bits per heavy atom. The lowest BCUT2D eigenvalue weighted by Crippen LogP contribution is -2.07. The maximum atomic E-state index is 9.36. The molecule has 2 nitrogen and oxygen atoms in total. The van der Waals surface area contributed by atoms with Gasteiger partial charge in [-0.25, -0.2) is 0 Å². The Kier molecular flexibility index (Phi) is 4.58. The van der Waals surface area contributed by atoms with Crippen LogP contribution >= 0.6 is 23.4 Å². The van der Waals surface area contributed by atoms with E-state index in [0.29, 0.717) is 16.5 Å². The maximum Gasteiger partial charge on any atom is 0.0646 e. The fraction of sp³-hybridized carbons (Fsp3) is 0.400. The third kappa shape index (κ3) is 3.40. The molecule has 0 fully saturated rings. The normalized spacial score (nSPS) is 12.8.